The predicted octanol–water partition coefficient (Wildman–Crippen LogP) is 3.13. The summed E-state index contributed by atoms with van der Waals surface area (Å²) >= 11 is 0. The molecule has 0 aromatic heterocycles. The molecule has 0 atom stereocenters. The molecule has 0 unspecified atom stereocenters. The van der Waals surface area contributed by atoms with Gasteiger partial charge in [0, 0.05) is 26.8 Å². The van der Waals surface area contributed by atoms with Gasteiger partial charge in [0.05, 0.1) is 0 Å². The van der Waals surface area contributed by atoms with E-state index in [-0.39, 0.29) is 6.61 Å². The lowest BCUT2D eigenvalue weighted by atomic mass is 10.3. The molecule has 6 nitrogen and oxygen atoms in total. The highest BCUT2D eigenvalue weighted by Crippen LogP contribution is 2.19. The largest absolute Gasteiger partial charge is 0.488 e. The van der Waals surface area contributed by atoms with E-state index in [4.69, 9.17) is 18.9 Å². The highest BCUT2D eigenvalue weighted by Gasteiger charge is 2.08. The molecule has 0 saturated carbocycles. The van der Waals surface area contributed by atoms with E-state index in [1.807, 2.05) is 13.0 Å². The Morgan fingerprint density at radius 2 is 2.00 bits per heavy atom. The molecular weight excluding hydrogens is 298 g/mol. The maximum Gasteiger partial charge on any atom is 0.412 e. The van der Waals surface area contributed by atoms with Gasteiger partial charge in [0.2, 0.25) is 0 Å². The highest BCUT2D eigenvalue weighted by molar-refractivity contribution is 5.70. The third kappa shape index (κ3) is 8.23. The first kappa shape index (κ1) is 19.0. The Morgan fingerprint density at radius 3 is 2.70 bits per heavy atom. The first-order chi connectivity index (χ1) is 11.2. The number of nitrogens with one attached hydrogen (secondary N) is 1. The van der Waals surface area contributed by atoms with Gasteiger partial charge in [0.25, 0.3) is 0 Å². The minimum atomic E-state index is -0.478. The van der Waals surface area contributed by atoms with E-state index < -0.39 is 12.4 Å². The lowest BCUT2D eigenvalue weighted by Gasteiger charge is -2.14. The second-order valence-electron chi connectivity index (χ2n) is 4.71. The average molecular weight is 323 g/mol. The Kier molecular flexibility index (Phi) is 9.51. The van der Waals surface area contributed by atoms with Crippen LogP contribution in [-0.4, -0.2) is 39.8 Å². The quantitative estimate of drug-likeness (QED) is 0.407. The van der Waals surface area contributed by atoms with Crippen molar-refractivity contribution in [2.24, 2.45) is 0 Å². The van der Waals surface area contributed by atoms with Crippen molar-refractivity contribution < 1.29 is 23.7 Å². The van der Waals surface area contributed by atoms with E-state index >= 15 is 0 Å². The topological polar surface area (TPSA) is 66.0 Å². The van der Waals surface area contributed by atoms with Gasteiger partial charge in [0.1, 0.15) is 18.1 Å². The molecule has 0 aliphatic heterocycles. The van der Waals surface area contributed by atoms with Gasteiger partial charge in [-0.15, -0.1) is 0 Å². The van der Waals surface area contributed by atoms with E-state index in [9.17, 15) is 4.79 Å². The smallest absolute Gasteiger partial charge is 0.412 e. The first-order valence-corrected chi connectivity index (χ1v) is 7.55. The fourth-order valence-corrected chi connectivity index (χ4v) is 1.74. The van der Waals surface area contributed by atoms with Crippen LogP contribution in [0.15, 0.2) is 36.4 Å². The van der Waals surface area contributed by atoms with Crippen LogP contribution in [0.4, 0.5) is 4.79 Å². The van der Waals surface area contributed by atoms with Crippen LogP contribution >= 0.6 is 0 Å². The van der Waals surface area contributed by atoms with Gasteiger partial charge in [0.15, 0.2) is 6.29 Å². The van der Waals surface area contributed by atoms with Crippen LogP contribution in [0.3, 0.4) is 0 Å². The Labute approximate surface area is 137 Å². The molecule has 1 amide bonds. The molecule has 0 aliphatic carbocycles. The zero-order chi connectivity index (χ0) is 16.9. The molecule has 1 rings (SSSR count). The minimum absolute atomic E-state index is 0.244. The van der Waals surface area contributed by atoms with Gasteiger partial charge in [-0.3, -0.25) is 0 Å². The number of ether oxygens (including phenoxy) is 4. The summed E-state index contributed by atoms with van der Waals surface area (Å²) in [5.74, 6) is 0.988. The van der Waals surface area contributed by atoms with Gasteiger partial charge in [-0.05, 0) is 31.9 Å². The number of hydrogen-bond donors (Lipinski definition) is 1. The van der Waals surface area contributed by atoms with Crippen molar-refractivity contribution in [3.8, 4) is 11.5 Å². The van der Waals surface area contributed by atoms with Crippen LogP contribution in [-0.2, 0) is 9.47 Å². The van der Waals surface area contributed by atoms with Crippen molar-refractivity contribution in [1.29, 1.82) is 0 Å². The number of amides is 1. The maximum atomic E-state index is 11.7. The fraction of sp³-hybridized carbons (Fsp3) is 0.471. The highest BCUT2D eigenvalue weighted by atomic mass is 16.7. The minimum Gasteiger partial charge on any atom is -0.488 e. The van der Waals surface area contributed by atoms with Crippen LogP contribution in [0.5, 0.6) is 11.5 Å². The van der Waals surface area contributed by atoms with E-state index in [0.717, 1.165) is 12.8 Å². The van der Waals surface area contributed by atoms with Gasteiger partial charge < -0.3 is 24.3 Å². The fourth-order valence-electron chi connectivity index (χ4n) is 1.74. The van der Waals surface area contributed by atoms with Gasteiger partial charge in [-0.2, -0.15) is 0 Å². The zero-order valence-electron chi connectivity index (χ0n) is 13.9. The summed E-state index contributed by atoms with van der Waals surface area (Å²) in [6, 6.07) is 6.85. The molecule has 23 heavy (non-hydrogen) atoms. The van der Waals surface area contributed by atoms with E-state index in [0.29, 0.717) is 18.0 Å². The summed E-state index contributed by atoms with van der Waals surface area (Å²) in [7, 11) is 3.08. The first-order valence-electron chi connectivity index (χ1n) is 7.55. The number of carbonyl (C=O) groups excluding carboxylic acids is 1. The third-order valence-corrected chi connectivity index (χ3v) is 2.98. The number of benzene rings is 1. The Bertz CT molecular complexity index is 486. The molecule has 0 saturated heterocycles. The molecule has 1 aromatic rings. The molecule has 0 heterocycles. The molecule has 0 bridgehead atoms. The van der Waals surface area contributed by atoms with Crippen LogP contribution in [0.25, 0.3) is 0 Å². The third-order valence-electron chi connectivity index (χ3n) is 2.98. The predicted molar refractivity (Wildman–Crippen MR) is 87.8 cm³/mol. The molecule has 0 spiro atoms. The van der Waals surface area contributed by atoms with E-state index in [1.54, 1.807) is 24.3 Å². The monoisotopic (exact) mass is 323 g/mol. The van der Waals surface area contributed by atoms with Crippen LogP contribution in [0, 0.1) is 0 Å². The van der Waals surface area contributed by atoms with Crippen molar-refractivity contribution in [2.45, 2.75) is 26.1 Å². The second-order valence-corrected chi connectivity index (χ2v) is 4.71. The molecule has 0 aliphatic rings. The molecule has 1 N–H and O–H groups in total. The Morgan fingerprint density at radius 1 is 1.26 bits per heavy atom. The molecular formula is C17H25NO5. The Balaban J connectivity index is 2.39. The number of unbranched alkanes of at least 4 members (excludes halogenated alkanes) is 1. The SMILES string of the molecule is CC=CCCCNC(=O)Oc1cccc(OCC(OC)OC)c1. The van der Waals surface area contributed by atoms with Gasteiger partial charge in [-0.1, -0.05) is 18.2 Å². The summed E-state index contributed by atoms with van der Waals surface area (Å²) in [4.78, 5) is 11.7. The summed E-state index contributed by atoms with van der Waals surface area (Å²) in [5.41, 5.74) is 0. The normalized spacial score (nSPS) is 11.0. The van der Waals surface area contributed by atoms with Crippen molar-refractivity contribution in [1.82, 2.24) is 5.32 Å². The van der Waals surface area contributed by atoms with E-state index in [1.165, 1.54) is 14.2 Å². The second kappa shape index (κ2) is 11.5. The molecule has 0 radical (unpaired) electrons. The summed E-state index contributed by atoms with van der Waals surface area (Å²) < 4.78 is 20.8. The Hall–Kier alpha value is -2.05. The summed E-state index contributed by atoms with van der Waals surface area (Å²) in [5, 5.41) is 2.70. The number of hydrogen-bond acceptors (Lipinski definition) is 5. The van der Waals surface area contributed by atoms with Crippen molar-refractivity contribution >= 4 is 6.09 Å². The average Bonchev–Trinajstić information content (AvgIpc) is 2.56. The number of allylic oxidation sites excluding steroid dienone is 2. The van der Waals surface area contributed by atoms with Crippen LogP contribution < -0.4 is 14.8 Å². The zero-order valence-corrected chi connectivity index (χ0v) is 13.9. The van der Waals surface area contributed by atoms with Crippen molar-refractivity contribution in [3.05, 3.63) is 36.4 Å². The van der Waals surface area contributed by atoms with Crippen LogP contribution in [0.2, 0.25) is 0 Å². The summed E-state index contributed by atoms with van der Waals surface area (Å²) in [6.07, 6.45) is 4.93. The number of carbonyl (C=O) groups is 1. The van der Waals surface area contributed by atoms with Gasteiger partial charge in [-0.25, -0.2) is 4.79 Å². The van der Waals surface area contributed by atoms with Gasteiger partial charge >= 0.3 is 6.09 Å². The standard InChI is InChI=1S/C17H25NO5/c1-4-5-6-7-11-18-17(19)23-15-10-8-9-14(12-15)22-13-16(20-2)21-3/h4-5,8-10,12,16H,6-7,11,13H2,1-3H3,(H,18,19). The van der Waals surface area contributed by atoms with Crippen molar-refractivity contribution in [3.63, 3.8) is 0 Å². The molecule has 1 aromatic carbocycles. The number of rotatable bonds is 10. The lowest BCUT2D eigenvalue weighted by Crippen LogP contribution is -2.27. The molecule has 128 valence electrons. The maximum absolute atomic E-state index is 11.7. The number of methoxy groups -OCH3 is 2. The van der Waals surface area contributed by atoms with E-state index in [2.05, 4.69) is 11.4 Å². The van der Waals surface area contributed by atoms with Crippen molar-refractivity contribution in [2.75, 3.05) is 27.4 Å². The summed E-state index contributed by atoms with van der Waals surface area (Å²) in [6.45, 7) is 2.79. The molecule has 0 fully saturated rings. The van der Waals surface area contributed by atoms with Crippen LogP contribution in [0.1, 0.15) is 19.8 Å². The lowest BCUT2D eigenvalue weighted by molar-refractivity contribution is -0.121. The molecule has 6 heteroatoms.